The normalized spacial score (nSPS) is 10.7. The van der Waals surface area contributed by atoms with Crippen LogP contribution in [0.4, 0.5) is 17.1 Å². The maximum Gasteiger partial charge on any atom is 0.0461 e. The van der Waals surface area contributed by atoms with Crippen molar-refractivity contribution in [3.63, 3.8) is 0 Å². The number of rotatable bonds is 6. The predicted molar refractivity (Wildman–Crippen MR) is 108 cm³/mol. The quantitative estimate of drug-likeness (QED) is 0.631. The van der Waals surface area contributed by atoms with Crippen LogP contribution in [-0.2, 0) is 6.42 Å². The largest absolute Gasteiger partial charge is 0.330 e. The van der Waals surface area contributed by atoms with Crippen LogP contribution in [0.25, 0.3) is 0 Å². The van der Waals surface area contributed by atoms with E-state index < -0.39 is 0 Å². The first-order valence-electron chi connectivity index (χ1n) is 8.90. The topological polar surface area (TPSA) is 29.3 Å². The van der Waals surface area contributed by atoms with Crippen molar-refractivity contribution in [1.29, 1.82) is 0 Å². The van der Waals surface area contributed by atoms with Crippen molar-refractivity contribution in [3.05, 3.63) is 89.5 Å². The van der Waals surface area contributed by atoms with Gasteiger partial charge in [0.1, 0.15) is 0 Å². The van der Waals surface area contributed by atoms with E-state index in [-0.39, 0.29) is 0 Å². The molecule has 0 radical (unpaired) electrons. The summed E-state index contributed by atoms with van der Waals surface area (Å²) in [6, 6.07) is 26.2. The van der Waals surface area contributed by atoms with Gasteiger partial charge in [0.05, 0.1) is 0 Å². The van der Waals surface area contributed by atoms with Gasteiger partial charge in [0, 0.05) is 17.1 Å². The summed E-state index contributed by atoms with van der Waals surface area (Å²) < 4.78 is 0. The lowest BCUT2D eigenvalue weighted by Crippen LogP contribution is -2.10. The predicted octanol–water partition coefficient (Wildman–Crippen LogP) is 5.66. The summed E-state index contributed by atoms with van der Waals surface area (Å²) in [7, 11) is 0. The van der Waals surface area contributed by atoms with Crippen LogP contribution in [0, 0.1) is 13.8 Å². The highest BCUT2D eigenvalue weighted by molar-refractivity contribution is 5.76. The Labute approximate surface area is 150 Å². The molecular weight excluding hydrogens is 304 g/mol. The third-order valence-electron chi connectivity index (χ3n) is 4.45. The summed E-state index contributed by atoms with van der Waals surface area (Å²) >= 11 is 0. The highest BCUT2D eigenvalue weighted by Gasteiger charge is 2.12. The van der Waals surface area contributed by atoms with Crippen LogP contribution >= 0.6 is 0 Å². The van der Waals surface area contributed by atoms with Crippen LogP contribution in [0.3, 0.4) is 0 Å². The van der Waals surface area contributed by atoms with Gasteiger partial charge in [0.2, 0.25) is 0 Å². The number of nitrogens with zero attached hydrogens (tertiary/aromatic N) is 1. The van der Waals surface area contributed by atoms with Crippen LogP contribution in [0.5, 0.6) is 0 Å². The lowest BCUT2D eigenvalue weighted by Gasteiger charge is -2.26. The molecule has 0 bridgehead atoms. The number of nitrogens with two attached hydrogens (primary N) is 1. The van der Waals surface area contributed by atoms with E-state index in [0.29, 0.717) is 0 Å². The van der Waals surface area contributed by atoms with E-state index in [1.54, 1.807) is 0 Å². The van der Waals surface area contributed by atoms with E-state index in [0.717, 1.165) is 19.4 Å². The number of hydrogen-bond acceptors (Lipinski definition) is 2. The van der Waals surface area contributed by atoms with Crippen LogP contribution in [0.1, 0.15) is 23.1 Å². The molecule has 2 N–H and O–H groups in total. The number of benzene rings is 3. The first-order valence-corrected chi connectivity index (χ1v) is 8.90. The molecule has 128 valence electrons. The molecule has 0 amide bonds. The summed E-state index contributed by atoms with van der Waals surface area (Å²) in [5.74, 6) is 0. The van der Waals surface area contributed by atoms with Crippen LogP contribution in [0.15, 0.2) is 72.8 Å². The second kappa shape index (κ2) is 8.00. The van der Waals surface area contributed by atoms with E-state index in [4.69, 9.17) is 5.73 Å². The smallest absolute Gasteiger partial charge is 0.0461 e. The molecule has 0 unspecified atom stereocenters. The summed E-state index contributed by atoms with van der Waals surface area (Å²) in [4.78, 5) is 2.30. The standard InChI is InChI=1S/C23H26N2/c1-18-5-11-21(12-6-18)25(22-13-7-19(2)8-14-22)23-15-9-20(10-16-23)4-3-17-24/h5-16H,3-4,17,24H2,1-2H3. The molecular formula is C23H26N2. The van der Waals surface area contributed by atoms with E-state index in [1.165, 1.54) is 33.8 Å². The highest BCUT2D eigenvalue weighted by atomic mass is 15.1. The summed E-state index contributed by atoms with van der Waals surface area (Å²) in [6.45, 7) is 4.97. The van der Waals surface area contributed by atoms with Crippen molar-refractivity contribution < 1.29 is 0 Å². The third-order valence-corrected chi connectivity index (χ3v) is 4.45. The van der Waals surface area contributed by atoms with Gasteiger partial charge in [0.25, 0.3) is 0 Å². The Morgan fingerprint density at radius 1 is 0.640 bits per heavy atom. The fraction of sp³-hybridized carbons (Fsp3) is 0.217. The van der Waals surface area contributed by atoms with Crippen molar-refractivity contribution in [1.82, 2.24) is 0 Å². The van der Waals surface area contributed by atoms with Crippen molar-refractivity contribution >= 4 is 17.1 Å². The Kier molecular flexibility index (Phi) is 5.52. The van der Waals surface area contributed by atoms with Gasteiger partial charge >= 0.3 is 0 Å². The van der Waals surface area contributed by atoms with Crippen LogP contribution < -0.4 is 10.6 Å². The number of anilines is 3. The van der Waals surface area contributed by atoms with Gasteiger partial charge in [-0.3, -0.25) is 0 Å². The van der Waals surface area contributed by atoms with Gasteiger partial charge < -0.3 is 10.6 Å². The number of hydrogen-bond donors (Lipinski definition) is 1. The molecule has 0 aliphatic heterocycles. The molecule has 0 saturated heterocycles. The van der Waals surface area contributed by atoms with E-state index in [1.807, 2.05) is 0 Å². The zero-order valence-electron chi connectivity index (χ0n) is 15.1. The molecule has 2 nitrogen and oxygen atoms in total. The van der Waals surface area contributed by atoms with Gasteiger partial charge in [-0.25, -0.2) is 0 Å². The van der Waals surface area contributed by atoms with Crippen LogP contribution in [-0.4, -0.2) is 6.54 Å². The Balaban J connectivity index is 1.98. The maximum absolute atomic E-state index is 5.62. The molecule has 3 aromatic rings. The molecule has 25 heavy (non-hydrogen) atoms. The summed E-state index contributed by atoms with van der Waals surface area (Å²) in [6.07, 6.45) is 2.06. The molecule has 2 heteroatoms. The van der Waals surface area contributed by atoms with Crippen molar-refractivity contribution in [2.75, 3.05) is 11.4 Å². The molecule has 0 spiro atoms. The molecule has 0 fully saturated rings. The lowest BCUT2D eigenvalue weighted by molar-refractivity contribution is 0.832. The fourth-order valence-electron chi connectivity index (χ4n) is 2.95. The molecule has 0 heterocycles. The fourth-order valence-corrected chi connectivity index (χ4v) is 2.95. The lowest BCUT2D eigenvalue weighted by atomic mass is 10.1. The van der Waals surface area contributed by atoms with Gasteiger partial charge in [-0.2, -0.15) is 0 Å². The molecule has 0 saturated carbocycles. The maximum atomic E-state index is 5.62. The van der Waals surface area contributed by atoms with Gasteiger partial charge in [-0.05, 0) is 75.2 Å². The second-order valence-corrected chi connectivity index (χ2v) is 6.57. The molecule has 0 atom stereocenters. The highest BCUT2D eigenvalue weighted by Crippen LogP contribution is 2.34. The molecule has 0 aliphatic rings. The first-order chi connectivity index (χ1) is 12.2. The molecule has 3 aromatic carbocycles. The average molecular weight is 330 g/mol. The SMILES string of the molecule is Cc1ccc(N(c2ccc(C)cc2)c2ccc(CCCN)cc2)cc1. The van der Waals surface area contributed by atoms with Crippen molar-refractivity contribution in [2.45, 2.75) is 26.7 Å². The van der Waals surface area contributed by atoms with E-state index in [2.05, 4.69) is 91.5 Å². The number of aryl methyl sites for hydroxylation is 3. The van der Waals surface area contributed by atoms with Crippen molar-refractivity contribution in [3.8, 4) is 0 Å². The Bertz CT molecular complexity index is 742. The summed E-state index contributed by atoms with van der Waals surface area (Å²) in [5, 5.41) is 0. The Morgan fingerprint density at radius 2 is 1.04 bits per heavy atom. The second-order valence-electron chi connectivity index (χ2n) is 6.57. The van der Waals surface area contributed by atoms with Gasteiger partial charge in [-0.1, -0.05) is 47.5 Å². The van der Waals surface area contributed by atoms with Crippen molar-refractivity contribution in [2.24, 2.45) is 5.73 Å². The minimum atomic E-state index is 0.737. The minimum Gasteiger partial charge on any atom is -0.330 e. The van der Waals surface area contributed by atoms with Gasteiger partial charge in [-0.15, -0.1) is 0 Å². The van der Waals surface area contributed by atoms with E-state index in [9.17, 15) is 0 Å². The summed E-state index contributed by atoms with van der Waals surface area (Å²) in [5.41, 5.74) is 13.0. The van der Waals surface area contributed by atoms with Crippen LogP contribution in [0.2, 0.25) is 0 Å². The Morgan fingerprint density at radius 3 is 1.44 bits per heavy atom. The Hall–Kier alpha value is -2.58. The molecule has 0 aromatic heterocycles. The zero-order chi connectivity index (χ0) is 17.6. The monoisotopic (exact) mass is 330 g/mol. The van der Waals surface area contributed by atoms with Gasteiger partial charge in [0.15, 0.2) is 0 Å². The molecule has 3 rings (SSSR count). The molecule has 0 aliphatic carbocycles. The van der Waals surface area contributed by atoms with E-state index >= 15 is 0 Å². The first kappa shape index (κ1) is 17.2. The zero-order valence-corrected chi connectivity index (χ0v) is 15.1. The minimum absolute atomic E-state index is 0.737. The average Bonchev–Trinajstić information content (AvgIpc) is 2.64. The third kappa shape index (κ3) is 4.28.